The predicted molar refractivity (Wildman–Crippen MR) is 118 cm³/mol. The maximum atomic E-state index is 12.9. The van der Waals surface area contributed by atoms with Gasteiger partial charge in [-0.3, -0.25) is 4.79 Å². The third-order valence-corrected chi connectivity index (χ3v) is 8.47. The van der Waals surface area contributed by atoms with Crippen LogP contribution in [0.3, 0.4) is 0 Å². The maximum Gasteiger partial charge on any atom is 0.215 e. The maximum absolute atomic E-state index is 12.9. The quantitative estimate of drug-likeness (QED) is 0.268. The van der Waals surface area contributed by atoms with E-state index >= 15 is 0 Å². The molecule has 0 saturated carbocycles. The zero-order chi connectivity index (χ0) is 18.9. The summed E-state index contributed by atoms with van der Waals surface area (Å²) in [6, 6.07) is 3.29. The van der Waals surface area contributed by atoms with E-state index in [9.17, 15) is 9.90 Å². The van der Waals surface area contributed by atoms with Crippen LogP contribution in [-0.4, -0.2) is 21.6 Å². The molecule has 0 aliphatic carbocycles. The van der Waals surface area contributed by atoms with Crippen molar-refractivity contribution < 1.29 is 9.90 Å². The Balaban J connectivity index is 1.97. The van der Waals surface area contributed by atoms with Gasteiger partial charge < -0.3 is 10.1 Å². The molecule has 2 heterocycles. The number of halogens is 6. The van der Waals surface area contributed by atoms with Crippen molar-refractivity contribution in [2.75, 3.05) is 0 Å². The van der Waals surface area contributed by atoms with Gasteiger partial charge in [0.15, 0.2) is 5.75 Å². The Bertz CT molecular complexity index is 1190. The first-order valence-corrected chi connectivity index (χ1v) is 10.8. The molecule has 4 nitrogen and oxygen atoms in total. The van der Waals surface area contributed by atoms with Gasteiger partial charge >= 0.3 is 0 Å². The molecule has 4 rings (SSSR count). The number of aliphatic imine (C=N–C) groups is 1. The number of nitrogens with one attached hydrogen (secondary N) is 1. The van der Waals surface area contributed by atoms with Gasteiger partial charge in [-0.15, -0.1) is 0 Å². The van der Waals surface area contributed by atoms with Crippen molar-refractivity contribution >= 4 is 115 Å². The number of hydrogen-bond acceptors (Lipinski definition) is 3. The summed E-state index contributed by atoms with van der Waals surface area (Å²) in [5.74, 6) is -0.402. The van der Waals surface area contributed by atoms with Gasteiger partial charge in [-0.05, 0) is 75.9 Å². The number of carbonyl (C=O) groups excluding carboxylic acids is 1. The van der Waals surface area contributed by atoms with Gasteiger partial charge in [-0.2, -0.15) is 0 Å². The summed E-state index contributed by atoms with van der Waals surface area (Å²) >= 11 is 25.9. The second-order valence-corrected chi connectivity index (χ2v) is 9.48. The van der Waals surface area contributed by atoms with Gasteiger partial charge in [0, 0.05) is 14.3 Å². The predicted octanol–water partition coefficient (Wildman–Crippen LogP) is 7.55. The molecule has 1 aliphatic heterocycles. The molecule has 0 unspecified atom stereocenters. The summed E-state index contributed by atoms with van der Waals surface area (Å²) in [6.45, 7) is 0. The number of hydrogen-bond donors (Lipinski definition) is 2. The van der Waals surface area contributed by atoms with Gasteiger partial charge in [0.25, 0.3) is 0 Å². The lowest BCUT2D eigenvalue weighted by molar-refractivity contribution is 0.106. The number of aromatic nitrogens is 1. The van der Waals surface area contributed by atoms with Gasteiger partial charge in [-0.25, -0.2) is 4.99 Å². The Morgan fingerprint density at radius 1 is 1.00 bits per heavy atom. The van der Waals surface area contributed by atoms with Gasteiger partial charge in [-0.1, -0.05) is 23.2 Å². The summed E-state index contributed by atoms with van der Waals surface area (Å²) in [4.78, 5) is 20.3. The molecule has 0 amide bonds. The molecule has 26 heavy (non-hydrogen) atoms. The summed E-state index contributed by atoms with van der Waals surface area (Å²) in [7, 11) is 0. The van der Waals surface area contributed by atoms with Crippen molar-refractivity contribution in [3.8, 4) is 5.75 Å². The highest BCUT2D eigenvalue weighted by Gasteiger charge is 2.33. The fourth-order valence-corrected chi connectivity index (χ4v) is 5.44. The number of benzene rings is 2. The van der Waals surface area contributed by atoms with Crippen LogP contribution >= 0.6 is 86.9 Å². The topological polar surface area (TPSA) is 65.5 Å². The summed E-state index contributed by atoms with van der Waals surface area (Å²) in [5.41, 5.74) is 1.70. The molecule has 1 aromatic heterocycles. The Morgan fingerprint density at radius 2 is 1.62 bits per heavy atom. The zero-order valence-corrected chi connectivity index (χ0v) is 20.1. The van der Waals surface area contributed by atoms with Crippen molar-refractivity contribution in [2.45, 2.75) is 0 Å². The number of Topliss-reactive ketones (excluding diaryl/α,β-unsaturated/α-hetero) is 1. The highest BCUT2D eigenvalue weighted by molar-refractivity contribution is 9.11. The second-order valence-electron chi connectivity index (χ2n) is 5.43. The highest BCUT2D eigenvalue weighted by Crippen LogP contribution is 2.46. The smallest absolute Gasteiger partial charge is 0.215 e. The van der Waals surface area contributed by atoms with Crippen molar-refractivity contribution in [1.82, 2.24) is 4.98 Å². The average molecular weight is 647 g/mol. The fraction of sp³-hybridized carbons (Fsp3) is 0. The number of ketones is 1. The first-order chi connectivity index (χ1) is 12.2. The van der Waals surface area contributed by atoms with E-state index < -0.39 is 0 Å². The monoisotopic (exact) mass is 642 g/mol. The van der Waals surface area contributed by atoms with Crippen molar-refractivity contribution in [3.05, 3.63) is 51.3 Å². The van der Waals surface area contributed by atoms with Crippen molar-refractivity contribution in [2.24, 2.45) is 4.99 Å². The van der Waals surface area contributed by atoms with Gasteiger partial charge in [0.1, 0.15) is 11.4 Å². The minimum absolute atomic E-state index is 0.0840. The van der Waals surface area contributed by atoms with Crippen molar-refractivity contribution in [3.63, 3.8) is 0 Å². The lowest BCUT2D eigenvalue weighted by Crippen LogP contribution is -2.11. The number of H-pyrrole nitrogens is 1. The lowest BCUT2D eigenvalue weighted by Gasteiger charge is -2.03. The van der Waals surface area contributed by atoms with Crippen LogP contribution in [0.25, 0.3) is 10.9 Å². The SMILES string of the molecule is O=C1C(c2[nH]c3c(Br)c(Cl)c(Br)cc3c2O)=Nc2c1cc(Br)c(Cl)c2Br. The van der Waals surface area contributed by atoms with Crippen LogP contribution in [0.5, 0.6) is 5.75 Å². The first kappa shape index (κ1) is 19.0. The fourth-order valence-electron chi connectivity index (χ4n) is 2.72. The van der Waals surface area contributed by atoms with Crippen LogP contribution in [0, 0.1) is 0 Å². The van der Waals surface area contributed by atoms with Crippen LogP contribution in [0.1, 0.15) is 16.1 Å². The van der Waals surface area contributed by atoms with E-state index in [0.717, 1.165) is 0 Å². The molecule has 0 radical (unpaired) electrons. The van der Waals surface area contributed by atoms with Crippen LogP contribution in [0.4, 0.5) is 5.69 Å². The Kier molecular flexibility index (Phi) is 4.81. The minimum Gasteiger partial charge on any atom is -0.505 e. The molecule has 0 fully saturated rings. The van der Waals surface area contributed by atoms with Gasteiger partial charge in [0.05, 0.1) is 35.8 Å². The van der Waals surface area contributed by atoms with Crippen LogP contribution in [0.2, 0.25) is 10.0 Å². The molecular formula is C16H4Br4Cl2N2O2. The van der Waals surface area contributed by atoms with E-state index in [1.54, 1.807) is 12.1 Å². The zero-order valence-electron chi connectivity index (χ0n) is 12.2. The van der Waals surface area contributed by atoms with E-state index in [1.807, 2.05) is 0 Å². The molecule has 0 saturated heterocycles. The second kappa shape index (κ2) is 6.60. The molecule has 10 heteroatoms. The number of aromatic hydroxyl groups is 1. The molecular weight excluding hydrogens is 643 g/mol. The van der Waals surface area contributed by atoms with Gasteiger partial charge in [0.2, 0.25) is 5.78 Å². The molecule has 0 bridgehead atoms. The molecule has 132 valence electrons. The normalized spacial score (nSPS) is 13.5. The van der Waals surface area contributed by atoms with Crippen LogP contribution < -0.4 is 0 Å². The summed E-state index contributed by atoms with van der Waals surface area (Å²) in [5, 5.41) is 12.0. The lowest BCUT2D eigenvalue weighted by atomic mass is 10.1. The molecule has 0 atom stereocenters. The van der Waals surface area contributed by atoms with Crippen LogP contribution in [0.15, 0.2) is 35.0 Å². The Hall–Kier alpha value is -0.380. The van der Waals surface area contributed by atoms with E-state index in [1.165, 1.54) is 0 Å². The summed E-state index contributed by atoms with van der Waals surface area (Å²) < 4.78 is 2.27. The molecule has 1 aliphatic rings. The Morgan fingerprint density at radius 3 is 2.31 bits per heavy atom. The summed E-state index contributed by atoms with van der Waals surface area (Å²) in [6.07, 6.45) is 0. The first-order valence-electron chi connectivity index (χ1n) is 6.91. The third-order valence-electron chi connectivity index (χ3n) is 3.96. The van der Waals surface area contributed by atoms with E-state index in [0.29, 0.717) is 50.1 Å². The third kappa shape index (κ3) is 2.64. The number of nitrogens with zero attached hydrogens (tertiary/aromatic N) is 1. The van der Waals surface area contributed by atoms with Crippen molar-refractivity contribution in [1.29, 1.82) is 0 Å². The number of aromatic amines is 1. The van der Waals surface area contributed by atoms with E-state index in [2.05, 4.69) is 73.7 Å². The van der Waals surface area contributed by atoms with E-state index in [4.69, 9.17) is 23.2 Å². The number of carbonyl (C=O) groups is 1. The average Bonchev–Trinajstić information content (AvgIpc) is 3.09. The Labute approximate surface area is 190 Å². The molecule has 2 aromatic carbocycles. The molecule has 0 spiro atoms. The number of fused-ring (bicyclic) bond motifs is 2. The van der Waals surface area contributed by atoms with Crippen LogP contribution in [-0.2, 0) is 0 Å². The van der Waals surface area contributed by atoms with E-state index in [-0.39, 0.29) is 22.9 Å². The highest BCUT2D eigenvalue weighted by atomic mass is 79.9. The standard InChI is InChI=1S/C16H4Br4Cl2N2O2/c17-5-1-3-11(7(19)9(5)21)23-13(15(3)25)14-16(26)4-2-6(18)10(22)8(20)12(4)24-14/h1-2,23,25H. The molecule has 2 N–H and O–H groups in total. The number of rotatable bonds is 1. The largest absolute Gasteiger partial charge is 0.505 e. The molecule has 3 aromatic rings. The minimum atomic E-state index is -0.318.